The summed E-state index contributed by atoms with van der Waals surface area (Å²) in [4.78, 5) is 10.4. The van der Waals surface area contributed by atoms with Gasteiger partial charge in [0, 0.05) is 10.2 Å². The smallest absolute Gasteiger partial charge is 0.337 e. The van der Waals surface area contributed by atoms with Gasteiger partial charge in [-0.2, -0.15) is 0 Å². The second kappa shape index (κ2) is 5.59. The molecule has 0 saturated heterocycles. The van der Waals surface area contributed by atoms with Gasteiger partial charge in [-0.25, -0.2) is 4.79 Å². The number of nitrogens with two attached hydrogens (primary N) is 1. The molecule has 3 nitrogen and oxygen atoms in total. The molecule has 0 spiro atoms. The van der Waals surface area contributed by atoms with Gasteiger partial charge in [-0.3, -0.25) is 0 Å². The Bertz CT molecular complexity index is 300. The van der Waals surface area contributed by atoms with E-state index in [0.29, 0.717) is 0 Å². The highest BCUT2D eigenvalue weighted by molar-refractivity contribution is 9.10. The molecule has 0 amide bonds. The molecule has 0 atom stereocenters. The summed E-state index contributed by atoms with van der Waals surface area (Å²) in [5.41, 5.74) is 5.81. The molecule has 0 saturated carbocycles. The monoisotopic (exact) mass is 245 g/mol. The lowest BCUT2D eigenvalue weighted by Crippen LogP contribution is -2.01. The topological polar surface area (TPSA) is 63.3 Å². The zero-order valence-corrected chi connectivity index (χ0v) is 9.13. The summed E-state index contributed by atoms with van der Waals surface area (Å²) < 4.78 is 0.778. The number of carboxylic acid groups (broad SMARTS) is 1. The van der Waals surface area contributed by atoms with Crippen molar-refractivity contribution in [2.45, 2.75) is 13.8 Å². The van der Waals surface area contributed by atoms with Crippen LogP contribution in [0.25, 0.3) is 0 Å². The van der Waals surface area contributed by atoms with Crippen LogP contribution >= 0.6 is 15.9 Å². The molecule has 0 aromatic heterocycles. The maximum absolute atomic E-state index is 10.4. The van der Waals surface area contributed by atoms with Crippen molar-refractivity contribution in [3.63, 3.8) is 0 Å². The van der Waals surface area contributed by atoms with Crippen molar-refractivity contribution in [3.05, 3.63) is 28.2 Å². The van der Waals surface area contributed by atoms with E-state index < -0.39 is 5.97 Å². The fraction of sp³-hybridized carbons (Fsp3) is 0.222. The molecule has 0 aliphatic rings. The average molecular weight is 246 g/mol. The number of benzene rings is 1. The quantitative estimate of drug-likeness (QED) is 0.749. The van der Waals surface area contributed by atoms with E-state index in [9.17, 15) is 4.79 Å². The van der Waals surface area contributed by atoms with Gasteiger partial charge in [0.1, 0.15) is 0 Å². The minimum atomic E-state index is -1.00. The number of nitrogen functional groups attached to an aromatic ring is 1. The van der Waals surface area contributed by atoms with Crippen LogP contribution in [-0.4, -0.2) is 11.1 Å². The summed E-state index contributed by atoms with van der Waals surface area (Å²) in [7, 11) is 0. The summed E-state index contributed by atoms with van der Waals surface area (Å²) in [5.74, 6) is -1.00. The Labute approximate surface area is 85.7 Å². The van der Waals surface area contributed by atoms with Crippen LogP contribution in [0, 0.1) is 0 Å². The number of halogens is 1. The van der Waals surface area contributed by atoms with Gasteiger partial charge in [0.2, 0.25) is 0 Å². The van der Waals surface area contributed by atoms with E-state index in [0.717, 1.165) is 4.47 Å². The normalized spacial score (nSPS) is 8.54. The van der Waals surface area contributed by atoms with Crippen LogP contribution in [-0.2, 0) is 0 Å². The molecule has 0 aliphatic carbocycles. The van der Waals surface area contributed by atoms with E-state index in [1.54, 1.807) is 12.1 Å². The standard InChI is InChI=1S/C7H6BrNO2.C2H6/c8-4-1-2-5(7(10)11)6(9)3-4;1-2/h1-3H,9H2,(H,10,11);1-2H3. The molecule has 0 bridgehead atoms. The number of hydrogen-bond donors (Lipinski definition) is 2. The van der Waals surface area contributed by atoms with Crippen molar-refractivity contribution in [3.8, 4) is 0 Å². The summed E-state index contributed by atoms with van der Waals surface area (Å²) in [6, 6.07) is 4.66. The molecule has 3 N–H and O–H groups in total. The molecule has 0 fully saturated rings. The Morgan fingerprint density at radius 2 is 2.00 bits per heavy atom. The number of aromatic carboxylic acids is 1. The third-order valence-corrected chi connectivity index (χ3v) is 1.74. The Kier molecular flexibility index (Phi) is 5.14. The number of rotatable bonds is 1. The van der Waals surface area contributed by atoms with Crippen molar-refractivity contribution in [2.24, 2.45) is 0 Å². The molecular weight excluding hydrogens is 234 g/mol. The highest BCUT2D eigenvalue weighted by Gasteiger charge is 2.06. The second-order valence-electron chi connectivity index (χ2n) is 2.04. The maximum Gasteiger partial charge on any atom is 0.337 e. The highest BCUT2D eigenvalue weighted by atomic mass is 79.9. The zero-order chi connectivity index (χ0) is 10.4. The number of carboxylic acids is 1. The molecule has 1 aromatic rings. The van der Waals surface area contributed by atoms with Gasteiger partial charge < -0.3 is 10.8 Å². The molecule has 0 heterocycles. The largest absolute Gasteiger partial charge is 0.478 e. The fourth-order valence-electron chi connectivity index (χ4n) is 0.728. The molecule has 4 heteroatoms. The first-order valence-electron chi connectivity index (χ1n) is 3.89. The van der Waals surface area contributed by atoms with E-state index in [2.05, 4.69) is 15.9 Å². The van der Waals surface area contributed by atoms with Gasteiger partial charge in [-0.15, -0.1) is 0 Å². The zero-order valence-electron chi connectivity index (χ0n) is 7.54. The first kappa shape index (κ1) is 12.0. The lowest BCUT2D eigenvalue weighted by molar-refractivity contribution is 0.0698. The van der Waals surface area contributed by atoms with Crippen molar-refractivity contribution < 1.29 is 9.90 Å². The van der Waals surface area contributed by atoms with Gasteiger partial charge in [-0.05, 0) is 18.2 Å². The molecule has 1 rings (SSSR count). The Morgan fingerprint density at radius 1 is 1.46 bits per heavy atom. The van der Waals surface area contributed by atoms with E-state index in [4.69, 9.17) is 10.8 Å². The molecule has 0 aliphatic heterocycles. The van der Waals surface area contributed by atoms with E-state index in [1.165, 1.54) is 6.07 Å². The first-order valence-corrected chi connectivity index (χ1v) is 4.69. The van der Waals surface area contributed by atoms with Crippen molar-refractivity contribution in [1.82, 2.24) is 0 Å². The molecule has 72 valence electrons. The van der Waals surface area contributed by atoms with E-state index in [-0.39, 0.29) is 11.3 Å². The Hall–Kier alpha value is -1.03. The van der Waals surface area contributed by atoms with E-state index >= 15 is 0 Å². The van der Waals surface area contributed by atoms with Crippen LogP contribution in [0.5, 0.6) is 0 Å². The molecule has 0 radical (unpaired) electrons. The van der Waals surface area contributed by atoms with Crippen LogP contribution in [0.4, 0.5) is 5.69 Å². The minimum Gasteiger partial charge on any atom is -0.478 e. The summed E-state index contributed by atoms with van der Waals surface area (Å²) in [5, 5.41) is 8.56. The summed E-state index contributed by atoms with van der Waals surface area (Å²) in [6.07, 6.45) is 0. The van der Waals surface area contributed by atoms with Crippen molar-refractivity contribution >= 4 is 27.6 Å². The fourth-order valence-corrected chi connectivity index (χ4v) is 1.11. The average Bonchev–Trinajstić information content (AvgIpc) is 2.07. The van der Waals surface area contributed by atoms with Gasteiger partial charge in [0.15, 0.2) is 0 Å². The number of anilines is 1. The number of hydrogen-bond acceptors (Lipinski definition) is 2. The number of carbonyl (C=O) groups is 1. The van der Waals surface area contributed by atoms with Gasteiger partial charge in [-0.1, -0.05) is 29.8 Å². The summed E-state index contributed by atoms with van der Waals surface area (Å²) >= 11 is 3.17. The SMILES string of the molecule is CC.Nc1cc(Br)ccc1C(=O)O. The predicted molar refractivity (Wildman–Crippen MR) is 56.9 cm³/mol. The third kappa shape index (κ3) is 3.46. The van der Waals surface area contributed by atoms with Crippen LogP contribution < -0.4 is 5.73 Å². The van der Waals surface area contributed by atoms with Crippen LogP contribution in [0.1, 0.15) is 24.2 Å². The van der Waals surface area contributed by atoms with Gasteiger partial charge in [0.05, 0.1) is 5.56 Å². The van der Waals surface area contributed by atoms with Crippen molar-refractivity contribution in [2.75, 3.05) is 5.73 Å². The Balaban J connectivity index is 0.000000671. The molecular formula is C9H12BrNO2. The minimum absolute atomic E-state index is 0.133. The molecule has 1 aromatic carbocycles. The molecule has 0 unspecified atom stereocenters. The maximum atomic E-state index is 10.4. The second-order valence-corrected chi connectivity index (χ2v) is 2.95. The van der Waals surface area contributed by atoms with Crippen LogP contribution in [0.2, 0.25) is 0 Å². The van der Waals surface area contributed by atoms with E-state index in [1.807, 2.05) is 13.8 Å². The van der Waals surface area contributed by atoms with Crippen molar-refractivity contribution in [1.29, 1.82) is 0 Å². The predicted octanol–water partition coefficient (Wildman–Crippen LogP) is 2.76. The first-order chi connectivity index (χ1) is 6.11. The Morgan fingerprint density at radius 3 is 2.38 bits per heavy atom. The van der Waals surface area contributed by atoms with Crippen LogP contribution in [0.3, 0.4) is 0 Å². The lowest BCUT2D eigenvalue weighted by atomic mass is 10.2. The van der Waals surface area contributed by atoms with Gasteiger partial charge >= 0.3 is 5.97 Å². The van der Waals surface area contributed by atoms with Crippen LogP contribution in [0.15, 0.2) is 22.7 Å². The van der Waals surface area contributed by atoms with Gasteiger partial charge in [0.25, 0.3) is 0 Å². The third-order valence-electron chi connectivity index (χ3n) is 1.24. The summed E-state index contributed by atoms with van der Waals surface area (Å²) in [6.45, 7) is 4.00. The molecule has 13 heavy (non-hydrogen) atoms. The highest BCUT2D eigenvalue weighted by Crippen LogP contribution is 2.17. The lowest BCUT2D eigenvalue weighted by Gasteiger charge is -1.99.